The van der Waals surface area contributed by atoms with E-state index in [-0.39, 0.29) is 13.2 Å². The number of hydrogen-bond donors (Lipinski definition) is 1. The molecular weight excluding hydrogens is 690 g/mol. The number of benzene rings is 2. The van der Waals surface area contributed by atoms with Crippen LogP contribution in [0.1, 0.15) is 34.2 Å². The molecule has 0 unspecified atom stereocenters. The van der Waals surface area contributed by atoms with E-state index in [1.165, 1.54) is 12.7 Å². The number of halogens is 1. The minimum atomic E-state index is 0.234. The van der Waals surface area contributed by atoms with Crippen molar-refractivity contribution in [1.29, 1.82) is 0 Å². The van der Waals surface area contributed by atoms with Crippen LogP contribution < -0.4 is 15.2 Å². The molecule has 0 saturated heterocycles. The molecule has 0 atom stereocenters. The normalized spacial score (nSPS) is 11.2. The topological polar surface area (TPSA) is 210 Å². The van der Waals surface area contributed by atoms with Crippen LogP contribution in [-0.4, -0.2) is 59.8 Å². The molecule has 0 spiro atoms. The lowest BCUT2D eigenvalue weighted by molar-refractivity contribution is 0.299. The summed E-state index contributed by atoms with van der Waals surface area (Å²) < 4.78 is 25.7. The van der Waals surface area contributed by atoms with Gasteiger partial charge in [0.25, 0.3) is 11.8 Å². The molecule has 0 aliphatic heterocycles. The number of nitrogens with zero attached hydrogens (tertiary/aromatic N) is 12. The number of aromatic nitrogens is 12. The van der Waals surface area contributed by atoms with E-state index in [1.54, 1.807) is 30.3 Å². The number of fused-ring (bicyclic) bond motifs is 2. The highest BCUT2D eigenvalue weighted by Gasteiger charge is 2.17. The van der Waals surface area contributed by atoms with Crippen molar-refractivity contribution in [2.45, 2.75) is 40.9 Å². The fourth-order valence-electron chi connectivity index (χ4n) is 5.42. The quantitative estimate of drug-likeness (QED) is 0.193. The third kappa shape index (κ3) is 6.80. The van der Waals surface area contributed by atoms with E-state index in [2.05, 4.69) is 50.4 Å². The number of aryl methyl sites for hydroxylation is 6. The minimum absolute atomic E-state index is 0.234. The smallest absolute Gasteiger partial charge is 0.258 e. The van der Waals surface area contributed by atoms with E-state index < -0.39 is 0 Å². The maximum atomic E-state index is 6.21. The lowest BCUT2D eigenvalue weighted by Crippen LogP contribution is -2.01. The summed E-state index contributed by atoms with van der Waals surface area (Å²) in [6.07, 6.45) is 2.83. The van der Waals surface area contributed by atoms with E-state index in [4.69, 9.17) is 35.9 Å². The lowest BCUT2D eigenvalue weighted by Gasteiger charge is -2.09. The van der Waals surface area contributed by atoms with Crippen molar-refractivity contribution < 1.29 is 18.5 Å². The average molecular weight is 722 g/mol. The van der Waals surface area contributed by atoms with Crippen LogP contribution in [0.5, 0.6) is 11.5 Å². The van der Waals surface area contributed by atoms with E-state index in [1.807, 2.05) is 57.3 Å². The molecule has 52 heavy (non-hydrogen) atoms. The van der Waals surface area contributed by atoms with Crippen LogP contribution >= 0.6 is 11.6 Å². The van der Waals surface area contributed by atoms with Gasteiger partial charge >= 0.3 is 0 Å². The summed E-state index contributed by atoms with van der Waals surface area (Å²) in [5.74, 6) is 3.85. The summed E-state index contributed by atoms with van der Waals surface area (Å²) in [5.41, 5.74) is 12.2. The second-order valence-corrected chi connectivity index (χ2v) is 12.2. The molecule has 0 amide bonds. The zero-order valence-electron chi connectivity index (χ0n) is 29.0. The SMILES string of the molecule is Cc1noc(-c2ccc(C)c(OCc3nn(C)c4ncnc(Cl)c34)c2)n1.Cc1noc(-c2ccc(C)c(OCc3nn(C)c4ncnc(N)c34)c2)n1. The van der Waals surface area contributed by atoms with Gasteiger partial charge in [-0.15, -0.1) is 0 Å². The van der Waals surface area contributed by atoms with Gasteiger partial charge in [-0.2, -0.15) is 20.2 Å². The summed E-state index contributed by atoms with van der Waals surface area (Å²) in [7, 11) is 3.61. The van der Waals surface area contributed by atoms with Crippen LogP contribution in [0.3, 0.4) is 0 Å². The summed E-state index contributed by atoms with van der Waals surface area (Å²) in [5, 5.41) is 18.3. The van der Waals surface area contributed by atoms with Crippen molar-refractivity contribution in [3.8, 4) is 34.4 Å². The van der Waals surface area contributed by atoms with Crippen LogP contribution in [0, 0.1) is 27.7 Å². The molecule has 6 heterocycles. The Kier molecular flexibility index (Phi) is 9.17. The molecule has 2 aromatic carbocycles. The van der Waals surface area contributed by atoms with Crippen LogP contribution in [0.2, 0.25) is 5.15 Å². The van der Waals surface area contributed by atoms with Gasteiger partial charge in [-0.05, 0) is 63.1 Å². The molecule has 6 aromatic heterocycles. The molecule has 0 aliphatic rings. The molecule has 0 bridgehead atoms. The van der Waals surface area contributed by atoms with Crippen molar-refractivity contribution in [3.05, 3.63) is 88.4 Å². The lowest BCUT2D eigenvalue weighted by atomic mass is 10.1. The van der Waals surface area contributed by atoms with Crippen LogP contribution in [0.15, 0.2) is 58.1 Å². The molecule has 0 radical (unpaired) electrons. The molecule has 0 aliphatic carbocycles. The zero-order chi connectivity index (χ0) is 36.5. The molecule has 0 fully saturated rings. The fourth-order valence-corrected chi connectivity index (χ4v) is 5.66. The largest absolute Gasteiger partial charge is 0.487 e. The van der Waals surface area contributed by atoms with E-state index in [0.717, 1.165) is 22.3 Å². The Morgan fingerprint density at radius 3 is 1.65 bits per heavy atom. The van der Waals surface area contributed by atoms with Crippen LogP contribution in [0.4, 0.5) is 5.82 Å². The van der Waals surface area contributed by atoms with Gasteiger partial charge in [0.05, 0.1) is 10.8 Å². The van der Waals surface area contributed by atoms with Gasteiger partial charge in [0, 0.05) is 25.2 Å². The Bertz CT molecular complexity index is 2380. The first-order valence-corrected chi connectivity index (χ1v) is 16.3. The first-order chi connectivity index (χ1) is 25.0. The number of nitrogen functional groups attached to an aromatic ring is 1. The third-order valence-electron chi connectivity index (χ3n) is 8.02. The highest BCUT2D eigenvalue weighted by atomic mass is 35.5. The van der Waals surface area contributed by atoms with Gasteiger partial charge in [-0.1, -0.05) is 34.0 Å². The van der Waals surface area contributed by atoms with Gasteiger partial charge in [0.2, 0.25) is 0 Å². The van der Waals surface area contributed by atoms with Gasteiger partial charge in [-0.25, -0.2) is 29.3 Å². The number of nitrogens with two attached hydrogens (primary N) is 1. The van der Waals surface area contributed by atoms with Gasteiger partial charge in [0.15, 0.2) is 22.9 Å². The Morgan fingerprint density at radius 2 is 1.15 bits per heavy atom. The summed E-state index contributed by atoms with van der Waals surface area (Å²) in [4.78, 5) is 25.0. The highest BCUT2D eigenvalue weighted by Crippen LogP contribution is 2.30. The van der Waals surface area contributed by atoms with Crippen molar-refractivity contribution in [2.75, 3.05) is 5.73 Å². The molecule has 8 aromatic rings. The Labute approximate surface area is 300 Å². The first-order valence-electron chi connectivity index (χ1n) is 15.9. The van der Waals surface area contributed by atoms with Crippen LogP contribution in [-0.2, 0) is 27.3 Å². The zero-order valence-corrected chi connectivity index (χ0v) is 29.7. The van der Waals surface area contributed by atoms with Crippen molar-refractivity contribution in [1.82, 2.24) is 59.8 Å². The number of rotatable bonds is 8. The second-order valence-electron chi connectivity index (χ2n) is 11.8. The van der Waals surface area contributed by atoms with Crippen molar-refractivity contribution >= 4 is 39.5 Å². The molecule has 18 heteroatoms. The predicted octanol–water partition coefficient (Wildman–Crippen LogP) is 5.45. The number of anilines is 1. The fraction of sp³-hybridized carbons (Fsp3) is 0.235. The molecule has 264 valence electrons. The van der Waals surface area contributed by atoms with Crippen molar-refractivity contribution in [3.63, 3.8) is 0 Å². The second kappa shape index (κ2) is 14.0. The summed E-state index contributed by atoms with van der Waals surface area (Å²) in [6, 6.07) is 11.4. The predicted molar refractivity (Wildman–Crippen MR) is 189 cm³/mol. The molecule has 17 nitrogen and oxygen atoms in total. The van der Waals surface area contributed by atoms with Gasteiger partial charge in [0.1, 0.15) is 59.7 Å². The summed E-state index contributed by atoms with van der Waals surface area (Å²) in [6.45, 7) is 7.95. The maximum Gasteiger partial charge on any atom is 0.258 e. The van der Waals surface area contributed by atoms with E-state index in [9.17, 15) is 0 Å². The monoisotopic (exact) mass is 721 g/mol. The molecular formula is C34H32ClN13O4. The Morgan fingerprint density at radius 1 is 0.673 bits per heavy atom. The number of hydrogen-bond acceptors (Lipinski definition) is 15. The summed E-state index contributed by atoms with van der Waals surface area (Å²) >= 11 is 6.21. The van der Waals surface area contributed by atoms with Crippen molar-refractivity contribution in [2.24, 2.45) is 14.1 Å². The first kappa shape index (κ1) is 34.0. The Hall–Kier alpha value is -6.49. The van der Waals surface area contributed by atoms with Crippen LogP contribution in [0.25, 0.3) is 45.0 Å². The molecule has 0 saturated carbocycles. The molecule has 2 N–H and O–H groups in total. The Balaban J connectivity index is 0.000000162. The van der Waals surface area contributed by atoms with E-state index >= 15 is 0 Å². The minimum Gasteiger partial charge on any atom is -0.487 e. The maximum absolute atomic E-state index is 6.21. The molecule has 8 rings (SSSR count). The average Bonchev–Trinajstić information content (AvgIpc) is 3.91. The highest BCUT2D eigenvalue weighted by molar-refractivity contribution is 6.34. The third-order valence-corrected chi connectivity index (χ3v) is 8.31. The standard InChI is InChI=1S/C17H15ClN6O2.C17H17N7O2/c2*1-9-4-5-11(17-21-10(2)23-26-17)6-13(9)25-7-12-14-15(18)19-8-20-16(14)24(3)22-12/h4-6,8H,7H2,1-3H3;4-6,8H,7H2,1-3H3,(H2,18,19,20). The number of ether oxygens (including phenoxy) is 2. The van der Waals surface area contributed by atoms with Gasteiger partial charge < -0.3 is 24.3 Å². The van der Waals surface area contributed by atoms with E-state index in [0.29, 0.717) is 79.4 Å². The van der Waals surface area contributed by atoms with Gasteiger partial charge in [-0.3, -0.25) is 0 Å².